The minimum absolute atomic E-state index is 0.461. The Hall–Kier alpha value is -2.20. The average Bonchev–Trinajstić information content (AvgIpc) is 2.38. The molecule has 0 bridgehead atoms. The number of anilines is 1. The van der Waals surface area contributed by atoms with Gasteiger partial charge in [-0.2, -0.15) is 5.10 Å². The van der Waals surface area contributed by atoms with Crippen LogP contribution in [0.25, 0.3) is 6.08 Å². The SMILES string of the molecule is Cc1cc(C)nc(NN=C/C(Cl)=C/c2ccccc2)n1. The highest BCUT2D eigenvalue weighted by atomic mass is 35.5. The summed E-state index contributed by atoms with van der Waals surface area (Å²) < 4.78 is 0. The van der Waals surface area contributed by atoms with Crippen molar-refractivity contribution in [2.24, 2.45) is 5.10 Å². The van der Waals surface area contributed by atoms with Gasteiger partial charge in [0.05, 0.1) is 11.2 Å². The molecule has 2 aromatic rings. The van der Waals surface area contributed by atoms with Crippen molar-refractivity contribution in [3.05, 3.63) is 58.4 Å². The van der Waals surface area contributed by atoms with Gasteiger partial charge in [-0.3, -0.25) is 0 Å². The number of hydrogen-bond acceptors (Lipinski definition) is 4. The molecule has 102 valence electrons. The molecule has 0 fully saturated rings. The second-order valence-electron chi connectivity index (χ2n) is 4.28. The van der Waals surface area contributed by atoms with E-state index in [1.165, 1.54) is 6.21 Å². The molecule has 1 N–H and O–H groups in total. The fourth-order valence-electron chi connectivity index (χ4n) is 1.67. The predicted octanol–water partition coefficient (Wildman–Crippen LogP) is 3.77. The van der Waals surface area contributed by atoms with Gasteiger partial charge in [-0.15, -0.1) is 0 Å². The zero-order valence-electron chi connectivity index (χ0n) is 11.3. The zero-order chi connectivity index (χ0) is 14.4. The van der Waals surface area contributed by atoms with Gasteiger partial charge in [0.15, 0.2) is 0 Å². The minimum atomic E-state index is 0.461. The number of nitrogens with one attached hydrogen (secondary N) is 1. The Morgan fingerprint density at radius 2 is 1.80 bits per heavy atom. The maximum absolute atomic E-state index is 6.08. The molecule has 0 aliphatic carbocycles. The maximum Gasteiger partial charge on any atom is 0.243 e. The number of halogens is 1. The first-order chi connectivity index (χ1) is 9.63. The molecule has 2 rings (SSSR count). The number of aryl methyl sites for hydroxylation is 2. The van der Waals surface area contributed by atoms with Crippen molar-refractivity contribution in [1.82, 2.24) is 9.97 Å². The number of hydrazone groups is 1. The smallest absolute Gasteiger partial charge is 0.243 e. The average molecular weight is 287 g/mol. The second kappa shape index (κ2) is 6.82. The van der Waals surface area contributed by atoms with E-state index in [1.54, 1.807) is 0 Å². The fourth-order valence-corrected chi connectivity index (χ4v) is 1.85. The van der Waals surface area contributed by atoms with E-state index >= 15 is 0 Å². The van der Waals surface area contributed by atoms with Gasteiger partial charge in [0.25, 0.3) is 0 Å². The second-order valence-corrected chi connectivity index (χ2v) is 4.72. The van der Waals surface area contributed by atoms with E-state index in [9.17, 15) is 0 Å². The first-order valence-electron chi connectivity index (χ1n) is 6.17. The van der Waals surface area contributed by atoms with Gasteiger partial charge in [0, 0.05) is 11.4 Å². The van der Waals surface area contributed by atoms with Crippen molar-refractivity contribution in [3.8, 4) is 0 Å². The standard InChI is InChI=1S/C15H15ClN4/c1-11-8-12(2)19-15(18-11)20-17-10-14(16)9-13-6-4-3-5-7-13/h3-10H,1-2H3,(H,18,19,20)/b14-9-,17-10?. The van der Waals surface area contributed by atoms with E-state index in [0.29, 0.717) is 11.0 Å². The molecule has 1 aromatic heterocycles. The third-order valence-corrected chi connectivity index (χ3v) is 2.65. The maximum atomic E-state index is 6.08. The van der Waals surface area contributed by atoms with Crippen LogP contribution in [0, 0.1) is 13.8 Å². The van der Waals surface area contributed by atoms with Crippen molar-refractivity contribution < 1.29 is 0 Å². The van der Waals surface area contributed by atoms with Crippen LogP contribution < -0.4 is 5.43 Å². The molecule has 0 atom stereocenters. The summed E-state index contributed by atoms with van der Waals surface area (Å²) in [6.45, 7) is 3.82. The van der Waals surface area contributed by atoms with E-state index < -0.39 is 0 Å². The molecule has 0 spiro atoms. The van der Waals surface area contributed by atoms with Crippen molar-refractivity contribution >= 4 is 29.8 Å². The highest BCUT2D eigenvalue weighted by Crippen LogP contribution is 2.08. The molecular formula is C15H15ClN4. The summed E-state index contributed by atoms with van der Waals surface area (Å²) in [7, 11) is 0. The molecule has 5 heteroatoms. The lowest BCUT2D eigenvalue weighted by Crippen LogP contribution is -1.99. The third kappa shape index (κ3) is 4.48. The molecule has 0 aliphatic rings. The summed E-state index contributed by atoms with van der Waals surface area (Å²) in [5.74, 6) is 0.461. The van der Waals surface area contributed by atoms with Crippen LogP contribution in [-0.2, 0) is 0 Å². The summed E-state index contributed by atoms with van der Waals surface area (Å²) in [5, 5.41) is 4.54. The Balaban J connectivity index is 2.01. The predicted molar refractivity (Wildman–Crippen MR) is 83.9 cm³/mol. The Morgan fingerprint density at radius 3 is 2.45 bits per heavy atom. The van der Waals surface area contributed by atoms with Crippen LogP contribution >= 0.6 is 11.6 Å². The first-order valence-corrected chi connectivity index (χ1v) is 6.55. The fraction of sp³-hybridized carbons (Fsp3) is 0.133. The normalized spacial score (nSPS) is 11.8. The van der Waals surface area contributed by atoms with Crippen LogP contribution in [0.5, 0.6) is 0 Å². The number of hydrogen-bond donors (Lipinski definition) is 1. The van der Waals surface area contributed by atoms with Crippen LogP contribution in [0.4, 0.5) is 5.95 Å². The quantitative estimate of drug-likeness (QED) is 0.687. The molecule has 0 saturated carbocycles. The van der Waals surface area contributed by atoms with E-state index in [-0.39, 0.29) is 0 Å². The van der Waals surface area contributed by atoms with Gasteiger partial charge in [-0.05, 0) is 31.6 Å². The van der Waals surface area contributed by atoms with Crippen LogP contribution in [0.3, 0.4) is 0 Å². The number of allylic oxidation sites excluding steroid dienone is 1. The largest absolute Gasteiger partial charge is 0.245 e. The highest BCUT2D eigenvalue weighted by Gasteiger charge is 1.96. The van der Waals surface area contributed by atoms with Crippen LogP contribution in [-0.4, -0.2) is 16.2 Å². The Labute approximate surface area is 123 Å². The molecule has 1 aromatic carbocycles. The van der Waals surface area contributed by atoms with Crippen molar-refractivity contribution in [2.45, 2.75) is 13.8 Å². The first kappa shape index (κ1) is 14.2. The van der Waals surface area contributed by atoms with Crippen LogP contribution in [0.1, 0.15) is 17.0 Å². The minimum Gasteiger partial charge on any atom is -0.245 e. The monoisotopic (exact) mass is 286 g/mol. The topological polar surface area (TPSA) is 50.2 Å². The summed E-state index contributed by atoms with van der Waals surface area (Å²) in [4.78, 5) is 8.43. The third-order valence-electron chi connectivity index (χ3n) is 2.44. The summed E-state index contributed by atoms with van der Waals surface area (Å²) in [6, 6.07) is 11.7. The highest BCUT2D eigenvalue weighted by molar-refractivity contribution is 6.41. The van der Waals surface area contributed by atoms with E-state index in [4.69, 9.17) is 11.6 Å². The zero-order valence-corrected chi connectivity index (χ0v) is 12.1. The Morgan fingerprint density at radius 1 is 1.15 bits per heavy atom. The van der Waals surface area contributed by atoms with Gasteiger partial charge in [-0.25, -0.2) is 15.4 Å². The van der Waals surface area contributed by atoms with Gasteiger partial charge >= 0.3 is 0 Å². The number of nitrogens with zero attached hydrogens (tertiary/aromatic N) is 3. The molecule has 0 radical (unpaired) electrons. The van der Waals surface area contributed by atoms with E-state index in [2.05, 4.69) is 20.5 Å². The molecule has 0 amide bonds. The van der Waals surface area contributed by atoms with Crippen molar-refractivity contribution in [3.63, 3.8) is 0 Å². The molecule has 20 heavy (non-hydrogen) atoms. The number of aromatic nitrogens is 2. The summed E-state index contributed by atoms with van der Waals surface area (Å²) in [6.07, 6.45) is 3.35. The molecule has 4 nitrogen and oxygen atoms in total. The molecule has 1 heterocycles. The number of benzene rings is 1. The lowest BCUT2D eigenvalue weighted by Gasteiger charge is -2.01. The Bertz CT molecular complexity index is 615. The van der Waals surface area contributed by atoms with Crippen molar-refractivity contribution in [1.29, 1.82) is 0 Å². The van der Waals surface area contributed by atoms with E-state index in [0.717, 1.165) is 17.0 Å². The lowest BCUT2D eigenvalue weighted by atomic mass is 10.2. The van der Waals surface area contributed by atoms with Gasteiger partial charge in [0.1, 0.15) is 0 Å². The molecule has 0 unspecified atom stereocenters. The van der Waals surface area contributed by atoms with Crippen LogP contribution in [0.2, 0.25) is 0 Å². The van der Waals surface area contributed by atoms with Gasteiger partial charge < -0.3 is 0 Å². The van der Waals surface area contributed by atoms with Crippen LogP contribution in [0.15, 0.2) is 46.5 Å². The lowest BCUT2D eigenvalue weighted by molar-refractivity contribution is 1.04. The summed E-state index contributed by atoms with van der Waals surface area (Å²) >= 11 is 6.08. The van der Waals surface area contributed by atoms with Gasteiger partial charge in [0.2, 0.25) is 5.95 Å². The summed E-state index contributed by atoms with van der Waals surface area (Å²) in [5.41, 5.74) is 5.56. The van der Waals surface area contributed by atoms with E-state index in [1.807, 2.05) is 56.3 Å². The molecular weight excluding hydrogens is 272 g/mol. The number of rotatable bonds is 4. The molecule has 0 aliphatic heterocycles. The van der Waals surface area contributed by atoms with Gasteiger partial charge in [-0.1, -0.05) is 41.9 Å². The van der Waals surface area contributed by atoms with Crippen molar-refractivity contribution in [2.75, 3.05) is 5.43 Å². The molecule has 0 saturated heterocycles. The Kier molecular flexibility index (Phi) is 4.85.